The van der Waals surface area contributed by atoms with E-state index in [1.54, 1.807) is 0 Å². The highest BCUT2D eigenvalue weighted by molar-refractivity contribution is 7.89. The van der Waals surface area contributed by atoms with E-state index in [9.17, 15) is 18.5 Å². The smallest absolute Gasteiger partial charge is 0.258 e. The summed E-state index contributed by atoms with van der Waals surface area (Å²) >= 11 is 0. The second-order valence-electron chi connectivity index (χ2n) is 5.46. The Kier molecular flexibility index (Phi) is 4.46. The van der Waals surface area contributed by atoms with Crippen LogP contribution in [-0.2, 0) is 10.0 Å². The Labute approximate surface area is 140 Å². The molecule has 1 aliphatic rings. The number of hydrogen-bond donors (Lipinski definition) is 0. The summed E-state index contributed by atoms with van der Waals surface area (Å²) in [6.07, 6.45) is 2.55. The molecule has 0 atom stereocenters. The number of nitro benzene ring substituents is 1. The van der Waals surface area contributed by atoms with Crippen molar-refractivity contribution in [3.05, 3.63) is 76.4 Å². The number of benzene rings is 2. The fourth-order valence-corrected chi connectivity index (χ4v) is 4.05. The van der Waals surface area contributed by atoms with E-state index in [1.807, 2.05) is 36.4 Å². The first-order valence-corrected chi connectivity index (χ1v) is 8.91. The van der Waals surface area contributed by atoms with Crippen molar-refractivity contribution in [2.75, 3.05) is 13.1 Å². The van der Waals surface area contributed by atoms with E-state index >= 15 is 0 Å². The third-order valence-corrected chi connectivity index (χ3v) is 5.88. The van der Waals surface area contributed by atoms with Gasteiger partial charge in [0.1, 0.15) is 0 Å². The Balaban J connectivity index is 1.79. The quantitative estimate of drug-likeness (QED) is 0.630. The molecule has 0 amide bonds. The number of sulfonamides is 1. The van der Waals surface area contributed by atoms with Crippen LogP contribution in [0.5, 0.6) is 0 Å². The maximum Gasteiger partial charge on any atom is 0.269 e. The molecule has 7 heteroatoms. The van der Waals surface area contributed by atoms with Crippen molar-refractivity contribution in [1.82, 2.24) is 4.31 Å². The lowest BCUT2D eigenvalue weighted by molar-refractivity contribution is -0.384. The van der Waals surface area contributed by atoms with E-state index in [1.165, 1.54) is 28.6 Å². The highest BCUT2D eigenvalue weighted by Crippen LogP contribution is 2.26. The van der Waals surface area contributed by atoms with Crippen LogP contribution in [0, 0.1) is 10.1 Å². The average molecular weight is 344 g/mol. The van der Waals surface area contributed by atoms with E-state index in [0.29, 0.717) is 19.5 Å². The Morgan fingerprint density at radius 1 is 1.00 bits per heavy atom. The van der Waals surface area contributed by atoms with E-state index in [2.05, 4.69) is 0 Å². The molecule has 24 heavy (non-hydrogen) atoms. The summed E-state index contributed by atoms with van der Waals surface area (Å²) in [5.41, 5.74) is 2.11. The molecule has 0 aromatic heterocycles. The van der Waals surface area contributed by atoms with Gasteiger partial charge < -0.3 is 0 Å². The standard InChI is InChI=1S/C17H16N2O4S/c20-19(21)16-6-8-17(9-7-16)24(22,23)18-12-10-15(11-13-18)14-4-2-1-3-5-14/h1-10H,11-13H2. The highest BCUT2D eigenvalue weighted by Gasteiger charge is 2.26. The monoisotopic (exact) mass is 344 g/mol. The summed E-state index contributed by atoms with van der Waals surface area (Å²) in [5.74, 6) is 0. The number of rotatable bonds is 4. The summed E-state index contributed by atoms with van der Waals surface area (Å²) in [6, 6.07) is 14.8. The van der Waals surface area contributed by atoms with Crippen LogP contribution in [0.25, 0.3) is 5.57 Å². The Morgan fingerprint density at radius 2 is 1.67 bits per heavy atom. The van der Waals surface area contributed by atoms with Crippen molar-refractivity contribution in [2.45, 2.75) is 11.3 Å². The molecule has 0 aliphatic carbocycles. The van der Waals surface area contributed by atoms with Crippen LogP contribution in [0.3, 0.4) is 0 Å². The zero-order valence-electron chi connectivity index (χ0n) is 12.8. The molecule has 0 saturated carbocycles. The maximum absolute atomic E-state index is 12.6. The van der Waals surface area contributed by atoms with Gasteiger partial charge in [0.25, 0.3) is 5.69 Å². The largest absolute Gasteiger partial charge is 0.269 e. The van der Waals surface area contributed by atoms with Gasteiger partial charge in [0, 0.05) is 25.2 Å². The van der Waals surface area contributed by atoms with Crippen molar-refractivity contribution >= 4 is 21.3 Å². The molecule has 1 heterocycles. The molecule has 0 spiro atoms. The summed E-state index contributed by atoms with van der Waals surface area (Å²) in [5, 5.41) is 10.7. The third kappa shape index (κ3) is 3.22. The Hall–Kier alpha value is -2.51. The van der Waals surface area contributed by atoms with E-state index in [4.69, 9.17) is 0 Å². The lowest BCUT2D eigenvalue weighted by Gasteiger charge is -2.26. The van der Waals surface area contributed by atoms with Crippen LogP contribution in [0.1, 0.15) is 12.0 Å². The summed E-state index contributed by atoms with van der Waals surface area (Å²) in [4.78, 5) is 10.2. The molecule has 2 aromatic rings. The van der Waals surface area contributed by atoms with Gasteiger partial charge in [-0.15, -0.1) is 0 Å². The Morgan fingerprint density at radius 3 is 2.21 bits per heavy atom. The summed E-state index contributed by atoms with van der Waals surface area (Å²) < 4.78 is 26.7. The fraction of sp³-hybridized carbons (Fsp3) is 0.176. The van der Waals surface area contributed by atoms with Gasteiger partial charge in [0.2, 0.25) is 10.0 Å². The van der Waals surface area contributed by atoms with Gasteiger partial charge in [0.15, 0.2) is 0 Å². The van der Waals surface area contributed by atoms with Gasteiger partial charge in [-0.25, -0.2) is 8.42 Å². The number of non-ortho nitro benzene ring substituents is 1. The predicted molar refractivity (Wildman–Crippen MR) is 90.9 cm³/mol. The molecule has 0 radical (unpaired) electrons. The van der Waals surface area contributed by atoms with Gasteiger partial charge >= 0.3 is 0 Å². The highest BCUT2D eigenvalue weighted by atomic mass is 32.2. The first-order valence-electron chi connectivity index (χ1n) is 7.47. The molecule has 0 fully saturated rings. The van der Waals surface area contributed by atoms with Gasteiger partial charge in [0.05, 0.1) is 9.82 Å². The van der Waals surface area contributed by atoms with Crippen LogP contribution in [0.15, 0.2) is 65.6 Å². The zero-order chi connectivity index (χ0) is 17.2. The lowest BCUT2D eigenvalue weighted by Crippen LogP contribution is -2.34. The molecule has 6 nitrogen and oxygen atoms in total. The van der Waals surface area contributed by atoms with E-state index in [-0.39, 0.29) is 10.6 Å². The van der Waals surface area contributed by atoms with Crippen molar-refractivity contribution in [2.24, 2.45) is 0 Å². The molecule has 0 N–H and O–H groups in total. The lowest BCUT2D eigenvalue weighted by atomic mass is 10.0. The number of nitro groups is 1. The van der Waals surface area contributed by atoms with Gasteiger partial charge in [-0.1, -0.05) is 36.4 Å². The van der Waals surface area contributed by atoms with Crippen LogP contribution >= 0.6 is 0 Å². The first kappa shape index (κ1) is 16.4. The van der Waals surface area contributed by atoms with E-state index < -0.39 is 14.9 Å². The minimum Gasteiger partial charge on any atom is -0.258 e. The Bertz CT molecular complexity index is 875. The molecule has 3 rings (SSSR count). The summed E-state index contributed by atoms with van der Waals surface area (Å²) in [7, 11) is -3.64. The topological polar surface area (TPSA) is 80.5 Å². The van der Waals surface area contributed by atoms with Crippen molar-refractivity contribution in [3.63, 3.8) is 0 Å². The molecule has 0 bridgehead atoms. The molecule has 0 unspecified atom stereocenters. The van der Waals surface area contributed by atoms with Crippen molar-refractivity contribution in [1.29, 1.82) is 0 Å². The SMILES string of the molecule is O=[N+]([O-])c1ccc(S(=O)(=O)N2CC=C(c3ccccc3)CC2)cc1. The van der Waals surface area contributed by atoms with Crippen LogP contribution < -0.4 is 0 Å². The normalized spacial score (nSPS) is 15.8. The van der Waals surface area contributed by atoms with Gasteiger partial charge in [-0.2, -0.15) is 4.31 Å². The van der Waals surface area contributed by atoms with Gasteiger partial charge in [-0.05, 0) is 29.7 Å². The average Bonchev–Trinajstić information content (AvgIpc) is 2.62. The van der Waals surface area contributed by atoms with Gasteiger partial charge in [-0.3, -0.25) is 10.1 Å². The molecule has 1 aliphatic heterocycles. The first-order chi connectivity index (χ1) is 11.5. The molecular weight excluding hydrogens is 328 g/mol. The predicted octanol–water partition coefficient (Wildman–Crippen LogP) is 3.07. The fourth-order valence-electron chi connectivity index (χ4n) is 2.67. The number of nitrogens with zero attached hydrogens (tertiary/aromatic N) is 2. The third-order valence-electron chi connectivity index (χ3n) is 4.00. The van der Waals surface area contributed by atoms with E-state index in [0.717, 1.165) is 11.1 Å². The van der Waals surface area contributed by atoms with Crippen molar-refractivity contribution < 1.29 is 13.3 Å². The molecular formula is C17H16N2O4S. The second kappa shape index (κ2) is 6.54. The minimum atomic E-state index is -3.64. The molecule has 0 saturated heterocycles. The second-order valence-corrected chi connectivity index (χ2v) is 7.40. The van der Waals surface area contributed by atoms with Crippen LogP contribution in [0.4, 0.5) is 5.69 Å². The summed E-state index contributed by atoms with van der Waals surface area (Å²) in [6.45, 7) is 0.684. The maximum atomic E-state index is 12.6. The van der Waals surface area contributed by atoms with Crippen molar-refractivity contribution in [3.8, 4) is 0 Å². The molecule has 124 valence electrons. The van der Waals surface area contributed by atoms with Crippen LogP contribution in [-0.4, -0.2) is 30.7 Å². The minimum absolute atomic E-state index is 0.0738. The number of hydrogen-bond acceptors (Lipinski definition) is 4. The van der Waals surface area contributed by atoms with Crippen LogP contribution in [0.2, 0.25) is 0 Å². The zero-order valence-corrected chi connectivity index (χ0v) is 13.6. The molecule has 2 aromatic carbocycles.